The molecule has 0 saturated heterocycles. The Hall–Kier alpha value is -1.88. The number of carbonyl (C=O) groups excluding carboxylic acids is 1. The predicted octanol–water partition coefficient (Wildman–Crippen LogP) is 3.58. The molecule has 0 bridgehead atoms. The summed E-state index contributed by atoms with van der Waals surface area (Å²) in [5.41, 5.74) is 1.67. The van der Waals surface area contributed by atoms with Crippen LogP contribution in [0.1, 0.15) is 42.5 Å². The van der Waals surface area contributed by atoms with Crippen molar-refractivity contribution in [3.8, 4) is 0 Å². The van der Waals surface area contributed by atoms with Crippen molar-refractivity contribution in [1.29, 1.82) is 0 Å². The maximum Gasteiger partial charge on any atom is 0.261 e. The van der Waals surface area contributed by atoms with Crippen LogP contribution in [-0.2, 0) is 5.41 Å². The SMILES string of the molecule is Cc1cc(Cl)c(C(=O)Nc2cc(C(C)(C)C)no2)cn1. The summed E-state index contributed by atoms with van der Waals surface area (Å²) in [6, 6.07) is 3.34. The van der Waals surface area contributed by atoms with E-state index in [9.17, 15) is 4.79 Å². The average Bonchev–Trinajstić information content (AvgIpc) is 2.76. The van der Waals surface area contributed by atoms with Crippen molar-refractivity contribution in [2.24, 2.45) is 0 Å². The predicted molar refractivity (Wildman–Crippen MR) is 77.1 cm³/mol. The van der Waals surface area contributed by atoms with Crippen LogP contribution in [-0.4, -0.2) is 16.0 Å². The van der Waals surface area contributed by atoms with Crippen LogP contribution in [0, 0.1) is 6.92 Å². The molecule has 0 fully saturated rings. The van der Waals surface area contributed by atoms with E-state index in [0.717, 1.165) is 11.4 Å². The smallest absolute Gasteiger partial charge is 0.261 e. The summed E-state index contributed by atoms with van der Waals surface area (Å²) in [5.74, 6) is -0.0873. The molecule has 2 aromatic heterocycles. The van der Waals surface area contributed by atoms with E-state index in [-0.39, 0.29) is 17.2 Å². The van der Waals surface area contributed by atoms with Crippen LogP contribution >= 0.6 is 11.6 Å². The monoisotopic (exact) mass is 293 g/mol. The summed E-state index contributed by atoms with van der Waals surface area (Å²) in [6.07, 6.45) is 1.44. The molecule has 2 heterocycles. The van der Waals surface area contributed by atoms with Crippen molar-refractivity contribution < 1.29 is 9.32 Å². The first-order chi connectivity index (χ1) is 9.27. The normalized spacial score (nSPS) is 11.4. The number of nitrogens with one attached hydrogen (secondary N) is 1. The number of nitrogens with zero attached hydrogens (tertiary/aromatic N) is 2. The fraction of sp³-hybridized carbons (Fsp3) is 0.357. The van der Waals surface area contributed by atoms with Crippen molar-refractivity contribution >= 4 is 23.4 Å². The van der Waals surface area contributed by atoms with Crippen molar-refractivity contribution in [2.45, 2.75) is 33.1 Å². The number of hydrogen-bond acceptors (Lipinski definition) is 4. The van der Waals surface area contributed by atoms with Gasteiger partial charge in [-0.25, -0.2) is 0 Å². The number of halogens is 1. The van der Waals surface area contributed by atoms with Crippen molar-refractivity contribution in [3.63, 3.8) is 0 Å². The maximum absolute atomic E-state index is 12.1. The lowest BCUT2D eigenvalue weighted by atomic mass is 9.92. The van der Waals surface area contributed by atoms with Crippen LogP contribution in [0.4, 0.5) is 5.88 Å². The van der Waals surface area contributed by atoms with Crippen LogP contribution in [0.5, 0.6) is 0 Å². The van der Waals surface area contributed by atoms with E-state index in [1.165, 1.54) is 6.20 Å². The van der Waals surface area contributed by atoms with Crippen LogP contribution in [0.25, 0.3) is 0 Å². The molecular formula is C14H16ClN3O2. The molecule has 1 N–H and O–H groups in total. The van der Waals surface area contributed by atoms with Gasteiger partial charge < -0.3 is 4.52 Å². The Balaban J connectivity index is 2.17. The van der Waals surface area contributed by atoms with E-state index in [0.29, 0.717) is 10.6 Å². The number of aromatic nitrogens is 2. The minimum absolute atomic E-state index is 0.143. The van der Waals surface area contributed by atoms with Gasteiger partial charge in [-0.3, -0.25) is 15.1 Å². The van der Waals surface area contributed by atoms with Gasteiger partial charge in [0.2, 0.25) is 5.88 Å². The fourth-order valence-corrected chi connectivity index (χ4v) is 1.85. The molecule has 106 valence electrons. The highest BCUT2D eigenvalue weighted by molar-refractivity contribution is 6.34. The third-order valence-electron chi connectivity index (χ3n) is 2.75. The van der Waals surface area contributed by atoms with Gasteiger partial charge in [-0.05, 0) is 13.0 Å². The minimum atomic E-state index is -0.376. The largest absolute Gasteiger partial charge is 0.338 e. The Kier molecular flexibility index (Phi) is 3.81. The van der Waals surface area contributed by atoms with E-state index in [4.69, 9.17) is 16.1 Å². The van der Waals surface area contributed by atoms with E-state index in [1.807, 2.05) is 20.8 Å². The Labute approximate surface area is 122 Å². The number of anilines is 1. The molecule has 5 nitrogen and oxygen atoms in total. The zero-order valence-electron chi connectivity index (χ0n) is 11.8. The highest BCUT2D eigenvalue weighted by atomic mass is 35.5. The number of hydrogen-bond donors (Lipinski definition) is 1. The second-order valence-corrected chi connectivity index (χ2v) is 5.99. The van der Waals surface area contributed by atoms with Crippen LogP contribution < -0.4 is 5.32 Å². The van der Waals surface area contributed by atoms with Gasteiger partial charge in [-0.2, -0.15) is 0 Å². The molecule has 2 rings (SSSR count). The Morgan fingerprint density at radius 1 is 1.35 bits per heavy atom. The van der Waals surface area contributed by atoms with Crippen LogP contribution in [0.2, 0.25) is 5.02 Å². The summed E-state index contributed by atoms with van der Waals surface area (Å²) in [7, 11) is 0. The van der Waals surface area contributed by atoms with Gasteiger partial charge in [0.1, 0.15) is 0 Å². The first-order valence-electron chi connectivity index (χ1n) is 6.18. The second kappa shape index (κ2) is 5.25. The molecule has 0 aliphatic carbocycles. The first-order valence-corrected chi connectivity index (χ1v) is 6.56. The summed E-state index contributed by atoms with van der Waals surface area (Å²) < 4.78 is 5.10. The summed E-state index contributed by atoms with van der Waals surface area (Å²) >= 11 is 6.02. The Morgan fingerprint density at radius 3 is 2.60 bits per heavy atom. The molecule has 0 radical (unpaired) electrons. The van der Waals surface area contributed by atoms with Gasteiger partial charge in [0, 0.05) is 23.4 Å². The van der Waals surface area contributed by atoms with Crippen molar-refractivity contribution in [2.75, 3.05) is 5.32 Å². The molecule has 0 aliphatic rings. The lowest BCUT2D eigenvalue weighted by molar-refractivity contribution is 0.102. The fourth-order valence-electron chi connectivity index (χ4n) is 1.56. The van der Waals surface area contributed by atoms with Gasteiger partial charge in [-0.15, -0.1) is 0 Å². The number of amides is 1. The first kappa shape index (κ1) is 14.5. The Morgan fingerprint density at radius 2 is 2.05 bits per heavy atom. The summed E-state index contributed by atoms with van der Waals surface area (Å²) in [4.78, 5) is 16.1. The minimum Gasteiger partial charge on any atom is -0.338 e. The van der Waals surface area contributed by atoms with Gasteiger partial charge in [0.05, 0.1) is 16.3 Å². The van der Waals surface area contributed by atoms with Crippen LogP contribution in [0.3, 0.4) is 0 Å². The number of pyridine rings is 1. The number of carbonyl (C=O) groups is 1. The van der Waals surface area contributed by atoms with Gasteiger partial charge >= 0.3 is 0 Å². The summed E-state index contributed by atoms with van der Waals surface area (Å²) in [6.45, 7) is 7.84. The lowest BCUT2D eigenvalue weighted by Crippen LogP contribution is -2.13. The Bertz CT molecular complexity index is 644. The molecule has 0 unspecified atom stereocenters. The molecule has 20 heavy (non-hydrogen) atoms. The average molecular weight is 294 g/mol. The lowest BCUT2D eigenvalue weighted by Gasteiger charge is -2.12. The van der Waals surface area contributed by atoms with Gasteiger partial charge in [0.15, 0.2) is 0 Å². The molecule has 1 amide bonds. The molecule has 0 aromatic carbocycles. The van der Waals surface area contributed by atoms with E-state index in [2.05, 4.69) is 15.5 Å². The molecule has 0 saturated carbocycles. The molecule has 0 spiro atoms. The zero-order valence-corrected chi connectivity index (χ0v) is 12.6. The number of aryl methyl sites for hydroxylation is 1. The molecular weight excluding hydrogens is 278 g/mol. The van der Waals surface area contributed by atoms with E-state index in [1.54, 1.807) is 19.1 Å². The maximum atomic E-state index is 12.1. The molecule has 0 atom stereocenters. The summed E-state index contributed by atoms with van der Waals surface area (Å²) in [5, 5.41) is 6.90. The van der Waals surface area contributed by atoms with Gasteiger partial charge in [-0.1, -0.05) is 37.5 Å². The molecule has 0 aliphatic heterocycles. The third-order valence-corrected chi connectivity index (χ3v) is 3.06. The zero-order chi connectivity index (χ0) is 14.9. The standard InChI is InChI=1S/C14H16ClN3O2/c1-8-5-10(15)9(7-16-8)13(19)17-12-6-11(18-20-12)14(2,3)4/h5-7H,1-4H3,(H,17,19). The topological polar surface area (TPSA) is 68.0 Å². The van der Waals surface area contributed by atoms with E-state index >= 15 is 0 Å². The van der Waals surface area contributed by atoms with Gasteiger partial charge in [0.25, 0.3) is 5.91 Å². The van der Waals surface area contributed by atoms with Crippen LogP contribution in [0.15, 0.2) is 22.9 Å². The number of rotatable bonds is 2. The second-order valence-electron chi connectivity index (χ2n) is 5.59. The van der Waals surface area contributed by atoms with Crippen molar-refractivity contribution in [3.05, 3.63) is 40.3 Å². The van der Waals surface area contributed by atoms with Crippen molar-refractivity contribution in [1.82, 2.24) is 10.1 Å². The van der Waals surface area contributed by atoms with E-state index < -0.39 is 0 Å². The quantitative estimate of drug-likeness (QED) is 0.919. The molecule has 6 heteroatoms. The third kappa shape index (κ3) is 3.17. The highest BCUT2D eigenvalue weighted by Crippen LogP contribution is 2.24. The highest BCUT2D eigenvalue weighted by Gasteiger charge is 2.20. The molecule has 2 aromatic rings.